The predicted molar refractivity (Wildman–Crippen MR) is 232 cm³/mol. The highest BCUT2D eigenvalue weighted by Crippen LogP contribution is 2.42. The number of carbonyl (C=O) groups excluding carboxylic acids is 2. The molecule has 19 atom stereocenters. The lowest BCUT2D eigenvalue weighted by Crippen LogP contribution is -2.62. The average molecular weight is 905 g/mol. The summed E-state index contributed by atoms with van der Waals surface area (Å²) >= 11 is 0. The number of nitrogens with one attached hydrogen (secondary N) is 1. The highest BCUT2D eigenvalue weighted by atomic mass is 16.7. The van der Waals surface area contributed by atoms with Gasteiger partial charge in [-0.2, -0.15) is 0 Å². The predicted octanol–water partition coefficient (Wildman–Crippen LogP) is 2.68. The Labute approximate surface area is 376 Å². The molecule has 17 nitrogen and oxygen atoms in total. The van der Waals surface area contributed by atoms with Crippen molar-refractivity contribution in [2.45, 2.75) is 224 Å². The average Bonchev–Trinajstić information content (AvgIpc) is 3.22. The maximum absolute atomic E-state index is 14.5. The van der Waals surface area contributed by atoms with E-state index >= 15 is 0 Å². The minimum Gasteiger partial charge on any atom is -0.459 e. The Kier molecular flexibility index (Phi) is 19.3. The van der Waals surface area contributed by atoms with E-state index in [0.717, 1.165) is 0 Å². The number of cyclic esters (lactones) is 1. The molecule has 0 aromatic carbocycles. The molecule has 368 valence electrons. The Balaban J connectivity index is 1.83. The number of carbonyl (C=O) groups is 2. The fourth-order valence-electron chi connectivity index (χ4n) is 10.5. The van der Waals surface area contributed by atoms with Gasteiger partial charge in [-0.25, -0.2) is 0 Å². The molecular weight excluding hydrogens is 821 g/mol. The molecule has 0 saturated carbocycles. The molecule has 0 bridgehead atoms. The summed E-state index contributed by atoms with van der Waals surface area (Å²) in [7, 11) is 3.43. The summed E-state index contributed by atoms with van der Waals surface area (Å²) in [5, 5.41) is 63.1. The SMILES string of the molecule is CC[C@H]1OC(=O)[C@H](C)[C@@H](O[C@H]2C[C@@](C)(OC)[C@@H](O)[C@H](C)O2)[C@H](C)[C@@H](O[C@@H]2O[C@H](C)C[C@H](N(C)C(C)C)[C@H]2O)[C@](C)(O)C[C@@H](C)[C@H](OCC(=O)NC2CCOCC2)[C@H](C)[C@@H](O)[C@]1(C)O. The number of likely N-dealkylation sites (N-methyl/N-ethyl adjacent to an activating group) is 1. The Morgan fingerprint density at radius 3 is 2.14 bits per heavy atom. The van der Waals surface area contributed by atoms with Gasteiger partial charge in [0.1, 0.15) is 30.5 Å². The van der Waals surface area contributed by atoms with Gasteiger partial charge in [-0.1, -0.05) is 27.7 Å². The van der Waals surface area contributed by atoms with Crippen molar-refractivity contribution in [3.05, 3.63) is 0 Å². The summed E-state index contributed by atoms with van der Waals surface area (Å²) in [6.07, 6.45) is -9.29. The van der Waals surface area contributed by atoms with Gasteiger partial charge in [-0.15, -0.1) is 0 Å². The number of ether oxygens (including phenoxy) is 8. The molecular formula is C46H84N2O15. The second kappa shape index (κ2) is 22.5. The van der Waals surface area contributed by atoms with Crippen LogP contribution in [-0.4, -0.2) is 179 Å². The van der Waals surface area contributed by atoms with Crippen LogP contribution in [0.15, 0.2) is 0 Å². The van der Waals surface area contributed by atoms with Crippen LogP contribution in [-0.2, 0) is 47.5 Å². The molecule has 0 radical (unpaired) electrons. The first-order valence-electron chi connectivity index (χ1n) is 23.4. The van der Waals surface area contributed by atoms with Gasteiger partial charge >= 0.3 is 5.97 Å². The normalized spacial score (nSPS) is 45.4. The minimum atomic E-state index is -1.99. The summed E-state index contributed by atoms with van der Waals surface area (Å²) < 4.78 is 49.9. The molecule has 6 N–H and O–H groups in total. The number of hydrogen-bond acceptors (Lipinski definition) is 16. The molecule has 1 amide bonds. The van der Waals surface area contributed by atoms with Crippen LogP contribution < -0.4 is 5.32 Å². The number of nitrogens with zero attached hydrogens (tertiary/aromatic N) is 1. The van der Waals surface area contributed by atoms with Crippen LogP contribution in [0.2, 0.25) is 0 Å². The van der Waals surface area contributed by atoms with Crippen molar-refractivity contribution >= 4 is 11.9 Å². The second-order valence-corrected chi connectivity index (χ2v) is 20.2. The standard InChI is InChI=1S/C46H84N2O15/c1-15-33-46(12,55)39(51)27(6)37(58-23-34(49)47-31-16-18-57-19-17-31)25(4)21-44(10,54)41(63-43-36(50)32(20-26(5)59-43)48(13)24(2)3)28(7)38(29(8)42(53)61-33)62-35-22-45(11,56-14)40(52)30(9)60-35/h24-33,35-41,43,50-52,54-55H,15-23H2,1-14H3,(H,47,49)/t25-,26-,27+,28+,29-,30+,32+,33-,35+,36-,37+,38+,39-,40+,41-,43+,44-,45-,46-/m1/s1. The molecule has 0 aromatic heterocycles. The van der Waals surface area contributed by atoms with E-state index in [1.54, 1.807) is 48.5 Å². The number of hydrogen-bond donors (Lipinski definition) is 6. The summed E-state index contributed by atoms with van der Waals surface area (Å²) in [6.45, 7) is 21.8. The number of methoxy groups -OCH3 is 1. The number of aliphatic hydroxyl groups excluding tert-OH is 3. The highest BCUT2D eigenvalue weighted by molar-refractivity contribution is 5.77. The summed E-state index contributed by atoms with van der Waals surface area (Å²) in [5.74, 6) is -4.50. The molecule has 0 aliphatic carbocycles. The molecule has 4 heterocycles. The van der Waals surface area contributed by atoms with Crippen molar-refractivity contribution in [2.24, 2.45) is 23.7 Å². The van der Waals surface area contributed by atoms with Crippen molar-refractivity contribution in [1.29, 1.82) is 0 Å². The van der Waals surface area contributed by atoms with E-state index in [4.69, 9.17) is 37.9 Å². The first kappa shape index (κ1) is 54.0. The lowest BCUT2D eigenvalue weighted by atomic mass is 9.73. The van der Waals surface area contributed by atoms with Crippen LogP contribution >= 0.6 is 0 Å². The molecule has 63 heavy (non-hydrogen) atoms. The number of amides is 1. The smallest absolute Gasteiger partial charge is 0.311 e. The van der Waals surface area contributed by atoms with Crippen molar-refractivity contribution in [2.75, 3.05) is 34.0 Å². The Morgan fingerprint density at radius 1 is 0.921 bits per heavy atom. The van der Waals surface area contributed by atoms with E-state index in [0.29, 0.717) is 32.5 Å². The first-order valence-corrected chi connectivity index (χ1v) is 23.4. The fourth-order valence-corrected chi connectivity index (χ4v) is 10.5. The van der Waals surface area contributed by atoms with Crippen LogP contribution in [0.4, 0.5) is 0 Å². The van der Waals surface area contributed by atoms with E-state index in [2.05, 4.69) is 10.2 Å². The van der Waals surface area contributed by atoms with Crippen LogP contribution in [0.3, 0.4) is 0 Å². The van der Waals surface area contributed by atoms with Gasteiger partial charge in [0.05, 0.1) is 53.7 Å². The van der Waals surface area contributed by atoms with Crippen LogP contribution in [0.5, 0.6) is 0 Å². The van der Waals surface area contributed by atoms with Crippen molar-refractivity contribution < 1.29 is 73.0 Å². The fraction of sp³-hybridized carbons (Fsp3) is 0.957. The summed E-state index contributed by atoms with van der Waals surface area (Å²) in [6, 6.07) is -0.334. The van der Waals surface area contributed by atoms with E-state index in [9.17, 15) is 35.1 Å². The Morgan fingerprint density at radius 2 is 1.56 bits per heavy atom. The first-order chi connectivity index (χ1) is 29.3. The van der Waals surface area contributed by atoms with Crippen LogP contribution in [0, 0.1) is 23.7 Å². The Bertz CT molecular complexity index is 1450. The lowest BCUT2D eigenvalue weighted by Gasteiger charge is -2.50. The maximum atomic E-state index is 14.5. The van der Waals surface area contributed by atoms with E-state index in [1.807, 2.05) is 34.7 Å². The van der Waals surface area contributed by atoms with Gasteiger partial charge in [0.2, 0.25) is 5.91 Å². The number of rotatable bonds is 12. The third-order valence-corrected chi connectivity index (χ3v) is 14.7. The third kappa shape index (κ3) is 12.9. The topological polar surface area (TPSA) is 224 Å². The van der Waals surface area contributed by atoms with Gasteiger partial charge in [0, 0.05) is 56.7 Å². The molecule has 4 saturated heterocycles. The Hall–Kier alpha value is -1.58. The van der Waals surface area contributed by atoms with Crippen molar-refractivity contribution in [3.8, 4) is 0 Å². The van der Waals surface area contributed by atoms with Gasteiger partial charge in [-0.3, -0.25) is 14.5 Å². The molecule has 0 spiro atoms. The molecule has 0 aromatic rings. The molecule has 0 unspecified atom stereocenters. The lowest BCUT2D eigenvalue weighted by molar-refractivity contribution is -0.319. The maximum Gasteiger partial charge on any atom is 0.311 e. The van der Waals surface area contributed by atoms with Crippen LogP contribution in [0.1, 0.15) is 122 Å². The zero-order valence-electron chi connectivity index (χ0n) is 40.5. The van der Waals surface area contributed by atoms with Gasteiger partial charge in [-0.05, 0) is 100 Å². The van der Waals surface area contributed by atoms with Crippen LogP contribution in [0.25, 0.3) is 0 Å². The van der Waals surface area contributed by atoms with Gasteiger partial charge in [0.15, 0.2) is 12.6 Å². The molecule has 4 aliphatic heterocycles. The number of aliphatic hydroxyl groups is 5. The number of esters is 1. The zero-order valence-corrected chi connectivity index (χ0v) is 40.5. The molecule has 4 fully saturated rings. The quantitative estimate of drug-likeness (QED) is 0.155. The van der Waals surface area contributed by atoms with Gasteiger partial charge < -0.3 is 68.7 Å². The summed E-state index contributed by atoms with van der Waals surface area (Å²) in [4.78, 5) is 29.8. The van der Waals surface area contributed by atoms with Crippen molar-refractivity contribution in [3.63, 3.8) is 0 Å². The molecule has 4 rings (SSSR count). The van der Waals surface area contributed by atoms with Crippen molar-refractivity contribution in [1.82, 2.24) is 10.2 Å². The molecule has 4 aliphatic rings. The minimum absolute atomic E-state index is 0.0329. The third-order valence-electron chi connectivity index (χ3n) is 14.7. The van der Waals surface area contributed by atoms with E-state index < -0.39 is 108 Å². The summed E-state index contributed by atoms with van der Waals surface area (Å²) in [5.41, 5.74) is -4.85. The molecule has 17 heteroatoms. The largest absolute Gasteiger partial charge is 0.459 e. The van der Waals surface area contributed by atoms with E-state index in [-0.39, 0.29) is 56.0 Å². The monoisotopic (exact) mass is 905 g/mol. The zero-order chi connectivity index (χ0) is 47.4. The second-order valence-electron chi connectivity index (χ2n) is 20.2. The van der Waals surface area contributed by atoms with Gasteiger partial charge in [0.25, 0.3) is 0 Å². The highest BCUT2D eigenvalue weighted by Gasteiger charge is 2.54. The van der Waals surface area contributed by atoms with E-state index in [1.165, 1.54) is 14.0 Å².